The number of hydrogen-bond acceptors (Lipinski definition) is 5. The molecule has 2 amide bonds. The Morgan fingerprint density at radius 2 is 1.55 bits per heavy atom. The minimum Gasteiger partial charge on any atom is -0.383 e. The van der Waals surface area contributed by atoms with Gasteiger partial charge in [0.05, 0.1) is 12.2 Å². The van der Waals surface area contributed by atoms with Crippen molar-refractivity contribution in [2.45, 2.75) is 24.5 Å². The molecule has 4 N–H and O–H groups in total. The van der Waals surface area contributed by atoms with Gasteiger partial charge in [-0.3, -0.25) is 14.6 Å². The van der Waals surface area contributed by atoms with E-state index >= 15 is 0 Å². The topological polar surface area (TPSA) is 108 Å². The quantitative estimate of drug-likeness (QED) is 0.498. The Morgan fingerprint density at radius 1 is 0.970 bits per heavy atom. The Kier molecular flexibility index (Phi) is 6.51. The van der Waals surface area contributed by atoms with Crippen LogP contribution in [0.2, 0.25) is 0 Å². The van der Waals surface area contributed by atoms with Crippen LogP contribution in [0.15, 0.2) is 96.1 Å². The number of rotatable bonds is 8. The van der Waals surface area contributed by atoms with E-state index in [2.05, 4.69) is 10.4 Å². The van der Waals surface area contributed by atoms with E-state index in [0.29, 0.717) is 17.7 Å². The summed E-state index contributed by atoms with van der Waals surface area (Å²) in [6, 6.07) is 27.2. The van der Waals surface area contributed by atoms with Gasteiger partial charge in [0.25, 0.3) is 5.91 Å². The third-order valence-corrected chi connectivity index (χ3v) is 5.71. The molecule has 168 valence electrons. The molecule has 1 aliphatic rings. The van der Waals surface area contributed by atoms with Crippen LogP contribution in [0.25, 0.3) is 0 Å². The second-order valence-electron chi connectivity index (χ2n) is 8.09. The molecular weight excluding hydrogens is 416 g/mol. The predicted octanol–water partition coefficient (Wildman–Crippen LogP) is 2.35. The maximum Gasteiger partial charge on any atom is 0.267 e. The molecule has 3 aromatic rings. The molecule has 0 saturated heterocycles. The maximum absolute atomic E-state index is 13.0. The highest BCUT2D eigenvalue weighted by molar-refractivity contribution is 6.40. The lowest BCUT2D eigenvalue weighted by Gasteiger charge is -2.29. The van der Waals surface area contributed by atoms with E-state index in [0.717, 1.165) is 5.56 Å². The SMILES string of the molecule is NC(=O)C1CC(C(=O)NCC(O)(Cc2ccccc2)c2ccccc2)=NN1c1ccccc1. The normalized spacial score (nSPS) is 17.2. The van der Waals surface area contributed by atoms with Crippen LogP contribution in [-0.4, -0.2) is 35.2 Å². The standard InChI is InChI=1S/C26H26N4O3/c27-24(31)23-16-22(29-30(23)21-14-8-3-9-15-21)25(32)28-18-26(33,20-12-6-2-7-13-20)17-19-10-4-1-5-11-19/h1-15,23,33H,16-18H2,(H2,27,31)(H,28,32). The first-order chi connectivity index (χ1) is 16.0. The molecular formula is C26H26N4O3. The van der Waals surface area contributed by atoms with Crippen molar-refractivity contribution < 1.29 is 14.7 Å². The first kappa shape index (κ1) is 22.2. The number of hydrazone groups is 1. The van der Waals surface area contributed by atoms with E-state index in [1.807, 2.05) is 78.9 Å². The Bertz CT molecular complexity index is 1140. The number of carbonyl (C=O) groups is 2. The molecule has 7 heteroatoms. The molecule has 7 nitrogen and oxygen atoms in total. The van der Waals surface area contributed by atoms with Crippen molar-refractivity contribution in [3.63, 3.8) is 0 Å². The second-order valence-corrected chi connectivity index (χ2v) is 8.09. The van der Waals surface area contributed by atoms with Gasteiger partial charge in [-0.05, 0) is 23.3 Å². The fourth-order valence-corrected chi connectivity index (χ4v) is 3.96. The largest absolute Gasteiger partial charge is 0.383 e. The van der Waals surface area contributed by atoms with Gasteiger partial charge in [-0.25, -0.2) is 0 Å². The predicted molar refractivity (Wildman–Crippen MR) is 127 cm³/mol. The highest BCUT2D eigenvalue weighted by Gasteiger charge is 2.36. The summed E-state index contributed by atoms with van der Waals surface area (Å²) in [7, 11) is 0. The number of benzene rings is 3. The van der Waals surface area contributed by atoms with Crippen molar-refractivity contribution in [3.05, 3.63) is 102 Å². The molecule has 1 heterocycles. The van der Waals surface area contributed by atoms with E-state index in [1.54, 1.807) is 12.1 Å². The number of nitrogens with one attached hydrogen (secondary N) is 1. The fraction of sp³-hybridized carbons (Fsp3) is 0.192. The third-order valence-electron chi connectivity index (χ3n) is 5.71. The van der Waals surface area contributed by atoms with Crippen LogP contribution < -0.4 is 16.1 Å². The van der Waals surface area contributed by atoms with Gasteiger partial charge in [0.1, 0.15) is 17.4 Å². The number of amides is 2. The summed E-state index contributed by atoms with van der Waals surface area (Å²) < 4.78 is 0. The summed E-state index contributed by atoms with van der Waals surface area (Å²) in [5.74, 6) is -1.00. The van der Waals surface area contributed by atoms with E-state index in [9.17, 15) is 14.7 Å². The number of hydrogen-bond donors (Lipinski definition) is 3. The first-order valence-corrected chi connectivity index (χ1v) is 10.8. The van der Waals surface area contributed by atoms with Gasteiger partial charge < -0.3 is 16.2 Å². The Morgan fingerprint density at radius 3 is 2.15 bits per heavy atom. The average Bonchev–Trinajstić information content (AvgIpc) is 3.31. The molecule has 0 aromatic heterocycles. The molecule has 1 aliphatic heterocycles. The van der Waals surface area contributed by atoms with Crippen molar-refractivity contribution >= 4 is 23.2 Å². The van der Waals surface area contributed by atoms with E-state index in [1.165, 1.54) is 5.01 Å². The van der Waals surface area contributed by atoms with Gasteiger partial charge in [0.2, 0.25) is 5.91 Å². The van der Waals surface area contributed by atoms with Crippen molar-refractivity contribution in [2.75, 3.05) is 11.6 Å². The summed E-state index contributed by atoms with van der Waals surface area (Å²) >= 11 is 0. The molecule has 0 aliphatic carbocycles. The first-order valence-electron chi connectivity index (χ1n) is 10.8. The van der Waals surface area contributed by atoms with Gasteiger partial charge in [0, 0.05) is 12.8 Å². The smallest absolute Gasteiger partial charge is 0.267 e. The molecule has 3 aromatic carbocycles. The molecule has 0 spiro atoms. The van der Waals surface area contributed by atoms with Crippen molar-refractivity contribution in [1.82, 2.24) is 5.32 Å². The summed E-state index contributed by atoms with van der Waals surface area (Å²) in [5.41, 5.74) is 6.76. The lowest BCUT2D eigenvalue weighted by atomic mass is 9.87. The monoisotopic (exact) mass is 442 g/mol. The Hall–Kier alpha value is -3.97. The number of nitrogens with two attached hydrogens (primary N) is 1. The lowest BCUT2D eigenvalue weighted by Crippen LogP contribution is -2.44. The number of anilines is 1. The van der Waals surface area contributed by atoms with Crippen LogP contribution in [-0.2, 0) is 21.6 Å². The lowest BCUT2D eigenvalue weighted by molar-refractivity contribution is -0.119. The highest BCUT2D eigenvalue weighted by atomic mass is 16.3. The van der Waals surface area contributed by atoms with Crippen LogP contribution >= 0.6 is 0 Å². The number of carbonyl (C=O) groups excluding carboxylic acids is 2. The molecule has 0 bridgehead atoms. The van der Waals surface area contributed by atoms with E-state index < -0.39 is 23.5 Å². The van der Waals surface area contributed by atoms with Crippen molar-refractivity contribution in [3.8, 4) is 0 Å². The third kappa shape index (κ3) is 5.10. The zero-order valence-electron chi connectivity index (χ0n) is 18.1. The van der Waals surface area contributed by atoms with Gasteiger partial charge in [-0.15, -0.1) is 0 Å². The summed E-state index contributed by atoms with van der Waals surface area (Å²) in [6.45, 7) is -0.0175. The zero-order valence-corrected chi connectivity index (χ0v) is 18.1. The second kappa shape index (κ2) is 9.67. The molecule has 0 saturated carbocycles. The Labute approximate surface area is 192 Å². The molecule has 33 heavy (non-hydrogen) atoms. The van der Waals surface area contributed by atoms with Gasteiger partial charge in [-0.2, -0.15) is 5.10 Å². The fourth-order valence-electron chi connectivity index (χ4n) is 3.96. The summed E-state index contributed by atoms with van der Waals surface area (Å²) in [4.78, 5) is 25.0. The minimum atomic E-state index is -1.32. The van der Waals surface area contributed by atoms with Crippen LogP contribution in [0.5, 0.6) is 0 Å². The van der Waals surface area contributed by atoms with Crippen molar-refractivity contribution in [1.29, 1.82) is 0 Å². The molecule has 0 radical (unpaired) electrons. The van der Waals surface area contributed by atoms with Crippen LogP contribution in [0.4, 0.5) is 5.69 Å². The van der Waals surface area contributed by atoms with Crippen LogP contribution in [0.1, 0.15) is 17.5 Å². The van der Waals surface area contributed by atoms with Crippen LogP contribution in [0.3, 0.4) is 0 Å². The molecule has 4 rings (SSSR count). The van der Waals surface area contributed by atoms with Crippen LogP contribution in [0, 0.1) is 0 Å². The highest BCUT2D eigenvalue weighted by Crippen LogP contribution is 2.27. The van der Waals surface area contributed by atoms with Gasteiger partial charge in [-0.1, -0.05) is 78.9 Å². The van der Waals surface area contributed by atoms with Gasteiger partial charge in [0.15, 0.2) is 0 Å². The van der Waals surface area contributed by atoms with Gasteiger partial charge >= 0.3 is 0 Å². The number of nitrogens with zero attached hydrogens (tertiary/aromatic N) is 2. The van der Waals surface area contributed by atoms with Crippen molar-refractivity contribution in [2.24, 2.45) is 10.8 Å². The van der Waals surface area contributed by atoms with E-state index in [-0.39, 0.29) is 18.7 Å². The summed E-state index contributed by atoms with van der Waals surface area (Å²) in [5, 5.41) is 20.2. The molecule has 2 unspecified atom stereocenters. The van der Waals surface area contributed by atoms with E-state index in [4.69, 9.17) is 5.73 Å². The minimum absolute atomic E-state index is 0.0175. The average molecular weight is 443 g/mol. The number of aliphatic hydroxyl groups is 1. The Balaban J connectivity index is 1.53. The zero-order chi connectivity index (χ0) is 23.3. The molecule has 2 atom stereocenters. The molecule has 0 fully saturated rings. The number of primary amides is 1. The maximum atomic E-state index is 13.0. The number of para-hydroxylation sites is 1. The summed E-state index contributed by atoms with van der Waals surface area (Å²) in [6.07, 6.45) is 0.420.